The van der Waals surface area contributed by atoms with Gasteiger partial charge in [0.15, 0.2) is 0 Å². The summed E-state index contributed by atoms with van der Waals surface area (Å²) < 4.78 is 0. The molecule has 1 aliphatic heterocycles. The van der Waals surface area contributed by atoms with Crippen molar-refractivity contribution >= 4 is 0 Å². The van der Waals surface area contributed by atoms with Crippen LogP contribution in [-0.4, -0.2) is 0 Å². The molecule has 15 heavy (non-hydrogen) atoms. The van der Waals surface area contributed by atoms with Crippen LogP contribution in [0.5, 0.6) is 0 Å². The van der Waals surface area contributed by atoms with E-state index in [1.54, 1.807) is 0 Å². The molecule has 0 aliphatic carbocycles. The third-order valence-electron chi connectivity index (χ3n) is 2.47. The van der Waals surface area contributed by atoms with E-state index in [1.807, 2.05) is 6.20 Å². The van der Waals surface area contributed by atoms with Gasteiger partial charge in [-0.25, -0.2) is 0 Å². The summed E-state index contributed by atoms with van der Waals surface area (Å²) in [6.07, 6.45) is 6.38. The maximum atomic E-state index is 3.04. The third kappa shape index (κ3) is 2.88. The van der Waals surface area contributed by atoms with Crippen LogP contribution in [0.3, 0.4) is 0 Å². The van der Waals surface area contributed by atoms with E-state index in [2.05, 4.69) is 54.2 Å². The molecule has 0 atom stereocenters. The number of hydrazine groups is 1. The molecule has 1 aliphatic rings. The zero-order valence-electron chi connectivity index (χ0n) is 8.96. The summed E-state index contributed by atoms with van der Waals surface area (Å²) in [7, 11) is 0. The molecule has 0 aromatic heterocycles. The van der Waals surface area contributed by atoms with Gasteiger partial charge in [0.05, 0.1) is 0 Å². The smallest absolute Gasteiger partial charge is 0.0286 e. The van der Waals surface area contributed by atoms with Crippen molar-refractivity contribution in [1.82, 2.24) is 10.9 Å². The molecule has 0 saturated carbocycles. The first-order valence-corrected chi connectivity index (χ1v) is 5.27. The lowest BCUT2D eigenvalue weighted by Gasteiger charge is -2.14. The molecule has 0 radical (unpaired) electrons. The van der Waals surface area contributed by atoms with Gasteiger partial charge in [0.1, 0.15) is 0 Å². The van der Waals surface area contributed by atoms with Crippen LogP contribution in [0.15, 0.2) is 53.9 Å². The van der Waals surface area contributed by atoms with Crippen LogP contribution in [0.2, 0.25) is 0 Å². The Morgan fingerprint density at radius 2 is 1.87 bits per heavy atom. The zero-order valence-corrected chi connectivity index (χ0v) is 8.96. The second kappa shape index (κ2) is 4.69. The molecule has 0 unspecified atom stereocenters. The van der Waals surface area contributed by atoms with E-state index in [4.69, 9.17) is 0 Å². The van der Waals surface area contributed by atoms with Crippen LogP contribution in [-0.2, 0) is 6.42 Å². The van der Waals surface area contributed by atoms with Crippen molar-refractivity contribution in [3.05, 3.63) is 59.4 Å². The van der Waals surface area contributed by atoms with Gasteiger partial charge in [0.25, 0.3) is 0 Å². The van der Waals surface area contributed by atoms with Gasteiger partial charge in [0, 0.05) is 11.9 Å². The van der Waals surface area contributed by atoms with Crippen molar-refractivity contribution in [1.29, 1.82) is 0 Å². The van der Waals surface area contributed by atoms with E-state index in [-0.39, 0.29) is 0 Å². The van der Waals surface area contributed by atoms with Gasteiger partial charge < -0.3 is 10.9 Å². The highest BCUT2D eigenvalue weighted by atomic mass is 15.3. The Morgan fingerprint density at radius 1 is 1.07 bits per heavy atom. The largest absolute Gasteiger partial charge is 0.308 e. The molecule has 0 saturated heterocycles. The summed E-state index contributed by atoms with van der Waals surface area (Å²) in [5, 5.41) is 0. The van der Waals surface area contributed by atoms with Crippen LogP contribution in [0.4, 0.5) is 0 Å². The summed E-state index contributed by atoms with van der Waals surface area (Å²) in [5.74, 6) is 0. The number of nitrogens with one attached hydrogen (secondary N) is 2. The van der Waals surface area contributed by atoms with Crippen molar-refractivity contribution in [3.8, 4) is 0 Å². The minimum atomic E-state index is 1.08. The Balaban J connectivity index is 1.92. The van der Waals surface area contributed by atoms with Gasteiger partial charge in [-0.2, -0.15) is 0 Å². The summed E-state index contributed by atoms with van der Waals surface area (Å²) in [6.45, 7) is 2.06. The topological polar surface area (TPSA) is 24.1 Å². The minimum Gasteiger partial charge on any atom is -0.308 e. The van der Waals surface area contributed by atoms with Crippen molar-refractivity contribution in [3.63, 3.8) is 0 Å². The molecule has 1 aromatic rings. The monoisotopic (exact) mass is 200 g/mol. The molecule has 2 rings (SSSR count). The second-order valence-electron chi connectivity index (χ2n) is 3.80. The number of benzene rings is 1. The molecule has 0 spiro atoms. The van der Waals surface area contributed by atoms with Crippen LogP contribution in [0.25, 0.3) is 0 Å². The van der Waals surface area contributed by atoms with Crippen LogP contribution in [0, 0.1) is 0 Å². The highest BCUT2D eigenvalue weighted by Crippen LogP contribution is 2.12. The van der Waals surface area contributed by atoms with Crippen LogP contribution < -0.4 is 10.9 Å². The quantitative estimate of drug-likeness (QED) is 0.783. The maximum absolute atomic E-state index is 3.04. The van der Waals surface area contributed by atoms with Crippen LogP contribution in [0.1, 0.15) is 18.9 Å². The molecule has 2 nitrogen and oxygen atoms in total. The van der Waals surface area contributed by atoms with E-state index >= 15 is 0 Å². The Morgan fingerprint density at radius 3 is 2.60 bits per heavy atom. The molecule has 0 bridgehead atoms. The van der Waals surface area contributed by atoms with Crippen LogP contribution >= 0.6 is 0 Å². The van der Waals surface area contributed by atoms with Gasteiger partial charge in [-0.15, -0.1) is 0 Å². The van der Waals surface area contributed by atoms with Gasteiger partial charge in [-0.05, 0) is 37.0 Å². The molecule has 2 N–H and O–H groups in total. The summed E-state index contributed by atoms with van der Waals surface area (Å²) in [5.41, 5.74) is 9.99. The Kier molecular flexibility index (Phi) is 3.08. The SMILES string of the molecule is CC1=CC(CCc2ccccc2)=CNN1. The molecule has 0 amide bonds. The number of aryl methyl sites for hydroxylation is 1. The van der Waals surface area contributed by atoms with Crippen molar-refractivity contribution in [2.75, 3.05) is 0 Å². The standard InChI is InChI=1S/C13H16N2/c1-11-9-13(10-14-15-11)8-7-12-5-3-2-4-6-12/h2-6,9-10,14-15H,7-8H2,1H3. The average Bonchev–Trinajstić information content (AvgIpc) is 2.28. The summed E-state index contributed by atoms with van der Waals surface area (Å²) >= 11 is 0. The fraction of sp³-hybridized carbons (Fsp3) is 0.231. The zero-order chi connectivity index (χ0) is 10.5. The van der Waals surface area contributed by atoms with Gasteiger partial charge >= 0.3 is 0 Å². The molecule has 1 aromatic carbocycles. The van der Waals surface area contributed by atoms with Crippen molar-refractivity contribution < 1.29 is 0 Å². The van der Waals surface area contributed by atoms with Gasteiger partial charge in [-0.3, -0.25) is 0 Å². The van der Waals surface area contributed by atoms with E-state index in [0.29, 0.717) is 0 Å². The highest BCUT2D eigenvalue weighted by molar-refractivity contribution is 5.26. The number of hydrogen-bond donors (Lipinski definition) is 2. The predicted molar refractivity (Wildman–Crippen MR) is 62.9 cm³/mol. The fourth-order valence-electron chi connectivity index (χ4n) is 1.68. The molecule has 78 valence electrons. The molecule has 2 heteroatoms. The van der Waals surface area contributed by atoms with E-state index < -0.39 is 0 Å². The first kappa shape index (κ1) is 9.84. The Bertz CT molecular complexity index is 377. The second-order valence-corrected chi connectivity index (χ2v) is 3.80. The Hall–Kier alpha value is -1.70. The van der Waals surface area contributed by atoms with E-state index in [0.717, 1.165) is 12.8 Å². The lowest BCUT2D eigenvalue weighted by Crippen LogP contribution is -2.27. The van der Waals surface area contributed by atoms with Gasteiger partial charge in [0.2, 0.25) is 0 Å². The first-order valence-electron chi connectivity index (χ1n) is 5.27. The van der Waals surface area contributed by atoms with Crippen molar-refractivity contribution in [2.24, 2.45) is 0 Å². The molecular weight excluding hydrogens is 184 g/mol. The number of rotatable bonds is 3. The summed E-state index contributed by atoms with van der Waals surface area (Å²) in [6, 6.07) is 10.6. The third-order valence-corrected chi connectivity index (χ3v) is 2.47. The highest BCUT2D eigenvalue weighted by Gasteiger charge is 2.00. The average molecular weight is 200 g/mol. The lowest BCUT2D eigenvalue weighted by molar-refractivity contribution is 0.701. The fourth-order valence-corrected chi connectivity index (χ4v) is 1.68. The lowest BCUT2D eigenvalue weighted by atomic mass is 10.0. The molecule has 0 fully saturated rings. The van der Waals surface area contributed by atoms with Crippen molar-refractivity contribution in [2.45, 2.75) is 19.8 Å². The molecule has 1 heterocycles. The number of hydrogen-bond acceptors (Lipinski definition) is 2. The molecular formula is C13H16N2. The maximum Gasteiger partial charge on any atom is 0.0286 e. The minimum absolute atomic E-state index is 1.08. The summed E-state index contributed by atoms with van der Waals surface area (Å²) in [4.78, 5) is 0. The van der Waals surface area contributed by atoms with E-state index in [1.165, 1.54) is 16.8 Å². The normalized spacial score (nSPS) is 14.7. The first-order chi connectivity index (χ1) is 7.34. The predicted octanol–water partition coefficient (Wildman–Crippen LogP) is 2.51. The van der Waals surface area contributed by atoms with E-state index in [9.17, 15) is 0 Å². The number of allylic oxidation sites excluding steroid dienone is 3. The van der Waals surface area contributed by atoms with Gasteiger partial charge in [-0.1, -0.05) is 30.3 Å². The Labute approximate surface area is 90.7 Å².